The molecule has 2 amide bonds. The van der Waals surface area contributed by atoms with Gasteiger partial charge in [-0.3, -0.25) is 0 Å². The van der Waals surface area contributed by atoms with Gasteiger partial charge in [-0.15, -0.1) is 0 Å². The standard InChI is InChI=1S/C16H21N3O4/c1-16(2,3)23-15(21)19-13(9-10-17)18-14(20)22-11-12-7-5-4-6-8-12/h4-8,13H,9,11H2,1-3H3,(H,18,20)(H,19,21). The summed E-state index contributed by atoms with van der Waals surface area (Å²) in [7, 11) is 0. The first kappa shape index (κ1) is 18.3. The topological polar surface area (TPSA) is 100 Å². The van der Waals surface area contributed by atoms with Crippen LogP contribution in [-0.4, -0.2) is 24.0 Å². The number of carbonyl (C=O) groups excluding carboxylic acids is 2. The summed E-state index contributed by atoms with van der Waals surface area (Å²) in [6, 6.07) is 11.0. The van der Waals surface area contributed by atoms with Gasteiger partial charge in [-0.05, 0) is 26.3 Å². The van der Waals surface area contributed by atoms with Crippen molar-refractivity contribution in [2.75, 3.05) is 0 Å². The van der Waals surface area contributed by atoms with Crippen molar-refractivity contribution in [3.63, 3.8) is 0 Å². The number of nitrogens with one attached hydrogen (secondary N) is 2. The summed E-state index contributed by atoms with van der Waals surface area (Å²) in [5, 5.41) is 13.6. The molecule has 0 aliphatic carbocycles. The van der Waals surface area contributed by atoms with Crippen molar-refractivity contribution < 1.29 is 19.1 Å². The molecule has 7 nitrogen and oxygen atoms in total. The van der Waals surface area contributed by atoms with E-state index in [9.17, 15) is 9.59 Å². The third-order valence-electron chi connectivity index (χ3n) is 2.49. The predicted octanol–water partition coefficient (Wildman–Crippen LogP) is 2.68. The maximum absolute atomic E-state index is 11.7. The van der Waals surface area contributed by atoms with Crippen molar-refractivity contribution in [2.24, 2.45) is 0 Å². The molecule has 0 spiro atoms. The van der Waals surface area contributed by atoms with Gasteiger partial charge >= 0.3 is 12.2 Å². The lowest BCUT2D eigenvalue weighted by Crippen LogP contribution is -2.49. The van der Waals surface area contributed by atoms with Gasteiger partial charge in [0.2, 0.25) is 0 Å². The molecule has 0 aliphatic rings. The van der Waals surface area contributed by atoms with Crippen LogP contribution in [0.4, 0.5) is 9.59 Å². The fraction of sp³-hybridized carbons (Fsp3) is 0.438. The van der Waals surface area contributed by atoms with Crippen LogP contribution < -0.4 is 10.6 Å². The van der Waals surface area contributed by atoms with Gasteiger partial charge in [0.05, 0.1) is 12.5 Å². The summed E-state index contributed by atoms with van der Waals surface area (Å²) in [5.74, 6) is 0. The Bertz CT molecular complexity index is 561. The fourth-order valence-corrected chi connectivity index (χ4v) is 1.59. The van der Waals surface area contributed by atoms with Gasteiger partial charge in [0.1, 0.15) is 18.4 Å². The molecule has 0 fully saturated rings. The van der Waals surface area contributed by atoms with E-state index in [0.717, 1.165) is 5.56 Å². The van der Waals surface area contributed by atoms with Gasteiger partial charge in [-0.25, -0.2) is 9.59 Å². The highest BCUT2D eigenvalue weighted by Crippen LogP contribution is 2.07. The van der Waals surface area contributed by atoms with E-state index in [4.69, 9.17) is 14.7 Å². The molecule has 124 valence electrons. The number of rotatable bonds is 5. The number of ether oxygens (including phenoxy) is 2. The van der Waals surface area contributed by atoms with E-state index >= 15 is 0 Å². The molecule has 1 atom stereocenters. The Morgan fingerprint density at radius 2 is 1.78 bits per heavy atom. The molecule has 0 radical (unpaired) electrons. The van der Waals surface area contributed by atoms with Gasteiger partial charge < -0.3 is 20.1 Å². The number of hydrogen-bond acceptors (Lipinski definition) is 5. The highest BCUT2D eigenvalue weighted by atomic mass is 16.6. The van der Waals surface area contributed by atoms with E-state index in [1.807, 2.05) is 36.4 Å². The monoisotopic (exact) mass is 319 g/mol. The van der Waals surface area contributed by atoms with Gasteiger partial charge in [0.15, 0.2) is 0 Å². The SMILES string of the molecule is CC(C)(C)OC(=O)NC(CC#N)NC(=O)OCc1ccccc1. The van der Waals surface area contributed by atoms with Crippen molar-refractivity contribution in [2.45, 2.75) is 45.6 Å². The normalized spacial score (nSPS) is 11.7. The molecule has 0 bridgehead atoms. The van der Waals surface area contributed by atoms with E-state index < -0.39 is 24.0 Å². The van der Waals surface area contributed by atoms with Gasteiger partial charge in [0.25, 0.3) is 0 Å². The zero-order valence-electron chi connectivity index (χ0n) is 13.5. The first-order valence-electron chi connectivity index (χ1n) is 7.14. The molecule has 0 saturated carbocycles. The van der Waals surface area contributed by atoms with E-state index in [1.165, 1.54) is 0 Å². The molecule has 23 heavy (non-hydrogen) atoms. The predicted molar refractivity (Wildman–Crippen MR) is 83.2 cm³/mol. The van der Waals surface area contributed by atoms with E-state index in [1.54, 1.807) is 20.8 Å². The second kappa shape index (κ2) is 8.63. The second-order valence-electron chi connectivity index (χ2n) is 5.77. The first-order chi connectivity index (χ1) is 10.8. The minimum atomic E-state index is -0.891. The van der Waals surface area contributed by atoms with Crippen molar-refractivity contribution >= 4 is 12.2 Å². The largest absolute Gasteiger partial charge is 0.445 e. The minimum Gasteiger partial charge on any atom is -0.445 e. The van der Waals surface area contributed by atoms with Gasteiger partial charge in [-0.2, -0.15) is 5.26 Å². The summed E-state index contributed by atoms with van der Waals surface area (Å²) in [4.78, 5) is 23.4. The quantitative estimate of drug-likeness (QED) is 0.813. The maximum atomic E-state index is 11.7. The summed E-state index contributed by atoms with van der Waals surface area (Å²) >= 11 is 0. The molecule has 1 unspecified atom stereocenters. The van der Waals surface area contributed by atoms with Crippen LogP contribution in [0.1, 0.15) is 32.8 Å². The van der Waals surface area contributed by atoms with Crippen molar-refractivity contribution in [1.82, 2.24) is 10.6 Å². The molecule has 1 rings (SSSR count). The Balaban J connectivity index is 2.46. The molecule has 1 aromatic carbocycles. The number of nitriles is 1. The van der Waals surface area contributed by atoms with E-state index in [-0.39, 0.29) is 13.0 Å². The van der Waals surface area contributed by atoms with Gasteiger partial charge in [0, 0.05) is 0 Å². The van der Waals surface area contributed by atoms with Crippen LogP contribution in [-0.2, 0) is 16.1 Å². The zero-order chi connectivity index (χ0) is 17.3. The highest BCUT2D eigenvalue weighted by Gasteiger charge is 2.20. The molecular weight excluding hydrogens is 298 g/mol. The Morgan fingerprint density at radius 3 is 2.35 bits per heavy atom. The van der Waals surface area contributed by atoms with E-state index in [0.29, 0.717) is 0 Å². The van der Waals surface area contributed by atoms with Crippen molar-refractivity contribution in [3.8, 4) is 6.07 Å². The van der Waals surface area contributed by atoms with Crippen LogP contribution >= 0.6 is 0 Å². The lowest BCUT2D eigenvalue weighted by molar-refractivity contribution is 0.0493. The van der Waals surface area contributed by atoms with Crippen LogP contribution in [0.3, 0.4) is 0 Å². The molecule has 0 saturated heterocycles. The summed E-state index contributed by atoms with van der Waals surface area (Å²) in [6.07, 6.45) is -2.45. The number of nitrogens with zero attached hydrogens (tertiary/aromatic N) is 1. The number of benzene rings is 1. The lowest BCUT2D eigenvalue weighted by atomic mass is 10.2. The number of carbonyl (C=O) groups is 2. The zero-order valence-corrected chi connectivity index (χ0v) is 13.5. The fourth-order valence-electron chi connectivity index (χ4n) is 1.59. The third-order valence-corrected chi connectivity index (χ3v) is 2.49. The Kier molecular flexibility index (Phi) is 6.87. The second-order valence-corrected chi connectivity index (χ2v) is 5.77. The molecule has 2 N–H and O–H groups in total. The summed E-state index contributed by atoms with van der Waals surface area (Å²) in [6.45, 7) is 5.24. The Labute approximate surface area is 135 Å². The molecule has 0 heterocycles. The average molecular weight is 319 g/mol. The molecular formula is C16H21N3O4. The van der Waals surface area contributed by atoms with Crippen molar-refractivity contribution in [3.05, 3.63) is 35.9 Å². The lowest BCUT2D eigenvalue weighted by Gasteiger charge is -2.23. The Morgan fingerprint density at radius 1 is 1.17 bits per heavy atom. The molecule has 7 heteroatoms. The maximum Gasteiger partial charge on any atom is 0.409 e. The van der Waals surface area contributed by atoms with Crippen LogP contribution in [0, 0.1) is 11.3 Å². The Hall–Kier alpha value is -2.75. The number of hydrogen-bond donors (Lipinski definition) is 2. The first-order valence-corrected chi connectivity index (χ1v) is 7.14. The molecule has 1 aromatic rings. The summed E-state index contributed by atoms with van der Waals surface area (Å²) in [5.41, 5.74) is 0.161. The average Bonchev–Trinajstić information content (AvgIpc) is 2.44. The van der Waals surface area contributed by atoms with E-state index in [2.05, 4.69) is 10.6 Å². The minimum absolute atomic E-state index is 0.0956. The highest BCUT2D eigenvalue weighted by molar-refractivity contribution is 5.71. The molecule has 0 aromatic heterocycles. The smallest absolute Gasteiger partial charge is 0.409 e. The van der Waals surface area contributed by atoms with Crippen LogP contribution in [0.5, 0.6) is 0 Å². The molecule has 0 aliphatic heterocycles. The third kappa shape index (κ3) is 8.31. The van der Waals surface area contributed by atoms with Crippen LogP contribution in [0.15, 0.2) is 30.3 Å². The van der Waals surface area contributed by atoms with Gasteiger partial charge in [-0.1, -0.05) is 30.3 Å². The van der Waals surface area contributed by atoms with Crippen LogP contribution in [0.25, 0.3) is 0 Å². The van der Waals surface area contributed by atoms with Crippen molar-refractivity contribution in [1.29, 1.82) is 5.26 Å². The number of amides is 2. The van der Waals surface area contributed by atoms with Crippen LogP contribution in [0.2, 0.25) is 0 Å². The number of alkyl carbamates (subject to hydrolysis) is 2. The summed E-state index contributed by atoms with van der Waals surface area (Å²) < 4.78 is 10.1.